The lowest BCUT2D eigenvalue weighted by Crippen LogP contribution is -2.29. The molecule has 0 spiro atoms. The Hall–Kier alpha value is -1.62. The molecule has 1 amide bonds. The maximum atomic E-state index is 11.9. The minimum Gasteiger partial charge on any atom is -0.381 e. The van der Waals surface area contributed by atoms with Crippen LogP contribution in [0.25, 0.3) is 0 Å². The fourth-order valence-electron chi connectivity index (χ4n) is 2.44. The molecule has 1 aromatic heterocycles. The molecule has 1 fully saturated rings. The number of carbonyl (C=O) groups is 1. The number of nitrogens with zero attached hydrogens (tertiary/aromatic N) is 1. The van der Waals surface area contributed by atoms with Crippen LogP contribution < -0.4 is 10.9 Å². The van der Waals surface area contributed by atoms with Crippen molar-refractivity contribution in [1.82, 2.24) is 9.88 Å². The average molecular weight is 278 g/mol. The maximum Gasteiger partial charge on any atom is 0.251 e. The van der Waals surface area contributed by atoms with Crippen LogP contribution in [0.2, 0.25) is 0 Å². The van der Waals surface area contributed by atoms with E-state index in [1.54, 1.807) is 16.8 Å². The zero-order valence-electron chi connectivity index (χ0n) is 11.9. The van der Waals surface area contributed by atoms with Gasteiger partial charge in [-0.15, -0.1) is 0 Å². The first-order chi connectivity index (χ1) is 9.70. The Morgan fingerprint density at radius 3 is 3.05 bits per heavy atom. The summed E-state index contributed by atoms with van der Waals surface area (Å²) in [5.41, 5.74) is 0.292. The van der Waals surface area contributed by atoms with Gasteiger partial charge in [0.2, 0.25) is 0 Å². The second kappa shape index (κ2) is 7.24. The van der Waals surface area contributed by atoms with E-state index >= 15 is 0 Å². The van der Waals surface area contributed by atoms with Crippen LogP contribution in [0.1, 0.15) is 36.5 Å². The first kappa shape index (κ1) is 14.8. The molecule has 5 heteroatoms. The number of amides is 1. The smallest absolute Gasteiger partial charge is 0.251 e. The van der Waals surface area contributed by atoms with Crippen molar-refractivity contribution >= 4 is 5.91 Å². The SMILES string of the molecule is CCn1ccc(C(=O)NCC[C@@H]2CCCOC2)cc1=O. The molecule has 5 nitrogen and oxygen atoms in total. The molecular formula is C15H22N2O3. The number of hydrogen-bond donors (Lipinski definition) is 1. The Balaban J connectivity index is 1.82. The van der Waals surface area contributed by atoms with E-state index in [1.165, 1.54) is 12.5 Å². The Kier molecular flexibility index (Phi) is 5.35. The lowest BCUT2D eigenvalue weighted by molar-refractivity contribution is 0.0514. The third-order valence-electron chi connectivity index (χ3n) is 3.69. The monoisotopic (exact) mass is 278 g/mol. The lowest BCUT2D eigenvalue weighted by atomic mass is 9.99. The molecule has 1 aliphatic rings. The Labute approximate surface area is 118 Å². The molecule has 1 atom stereocenters. The van der Waals surface area contributed by atoms with Gasteiger partial charge in [-0.1, -0.05) is 0 Å². The molecule has 0 radical (unpaired) electrons. The van der Waals surface area contributed by atoms with E-state index in [0.717, 1.165) is 26.1 Å². The third-order valence-corrected chi connectivity index (χ3v) is 3.69. The van der Waals surface area contributed by atoms with Gasteiger partial charge in [0, 0.05) is 44.1 Å². The summed E-state index contributed by atoms with van der Waals surface area (Å²) in [6.07, 6.45) is 4.86. The topological polar surface area (TPSA) is 60.3 Å². The van der Waals surface area contributed by atoms with Gasteiger partial charge in [-0.05, 0) is 38.2 Å². The van der Waals surface area contributed by atoms with Crippen molar-refractivity contribution in [2.75, 3.05) is 19.8 Å². The highest BCUT2D eigenvalue weighted by molar-refractivity contribution is 5.93. The molecular weight excluding hydrogens is 256 g/mol. The van der Waals surface area contributed by atoms with Crippen molar-refractivity contribution in [2.24, 2.45) is 5.92 Å². The minimum atomic E-state index is -0.179. The highest BCUT2D eigenvalue weighted by Gasteiger charge is 2.14. The standard InChI is InChI=1S/C15H22N2O3/c1-2-17-8-6-13(10-14(17)18)15(19)16-7-5-12-4-3-9-20-11-12/h6,8,10,12H,2-5,7,9,11H2,1H3,(H,16,19)/t12-/m0/s1. The van der Waals surface area contributed by atoms with Gasteiger partial charge in [0.25, 0.3) is 11.5 Å². The summed E-state index contributed by atoms with van der Waals surface area (Å²) >= 11 is 0. The lowest BCUT2D eigenvalue weighted by Gasteiger charge is -2.21. The molecule has 1 aromatic rings. The Morgan fingerprint density at radius 2 is 2.40 bits per heavy atom. The van der Waals surface area contributed by atoms with Crippen LogP contribution in [0.3, 0.4) is 0 Å². The van der Waals surface area contributed by atoms with Gasteiger partial charge in [0.05, 0.1) is 0 Å². The fraction of sp³-hybridized carbons (Fsp3) is 0.600. The van der Waals surface area contributed by atoms with E-state index in [1.807, 2.05) is 6.92 Å². The van der Waals surface area contributed by atoms with Gasteiger partial charge in [0.15, 0.2) is 0 Å². The second-order valence-corrected chi connectivity index (χ2v) is 5.17. The number of hydrogen-bond acceptors (Lipinski definition) is 3. The number of ether oxygens (including phenoxy) is 1. The Bertz CT molecular complexity index is 504. The van der Waals surface area contributed by atoms with E-state index in [0.29, 0.717) is 24.6 Å². The zero-order valence-corrected chi connectivity index (χ0v) is 11.9. The first-order valence-electron chi connectivity index (χ1n) is 7.27. The van der Waals surface area contributed by atoms with Crippen LogP contribution in [0.5, 0.6) is 0 Å². The van der Waals surface area contributed by atoms with Gasteiger partial charge in [-0.2, -0.15) is 0 Å². The van der Waals surface area contributed by atoms with Crippen LogP contribution in [0.15, 0.2) is 23.1 Å². The van der Waals surface area contributed by atoms with Crippen molar-refractivity contribution < 1.29 is 9.53 Å². The summed E-state index contributed by atoms with van der Waals surface area (Å²) in [5, 5.41) is 2.87. The molecule has 1 N–H and O–H groups in total. The van der Waals surface area contributed by atoms with Gasteiger partial charge < -0.3 is 14.6 Å². The van der Waals surface area contributed by atoms with Crippen LogP contribution in [0.4, 0.5) is 0 Å². The molecule has 2 rings (SSSR count). The number of aromatic nitrogens is 1. The van der Waals surface area contributed by atoms with Crippen LogP contribution in [-0.4, -0.2) is 30.2 Å². The fourth-order valence-corrected chi connectivity index (χ4v) is 2.44. The first-order valence-corrected chi connectivity index (χ1v) is 7.27. The molecule has 2 heterocycles. The second-order valence-electron chi connectivity index (χ2n) is 5.17. The third kappa shape index (κ3) is 3.93. The normalized spacial score (nSPS) is 18.8. The summed E-state index contributed by atoms with van der Waals surface area (Å²) in [5.74, 6) is 0.360. The average Bonchev–Trinajstić information content (AvgIpc) is 2.48. The summed E-state index contributed by atoms with van der Waals surface area (Å²) in [4.78, 5) is 23.6. The van der Waals surface area contributed by atoms with Crippen molar-refractivity contribution in [3.8, 4) is 0 Å². The number of carbonyl (C=O) groups excluding carboxylic acids is 1. The van der Waals surface area contributed by atoms with Crippen molar-refractivity contribution in [3.05, 3.63) is 34.2 Å². The van der Waals surface area contributed by atoms with Gasteiger partial charge >= 0.3 is 0 Å². The molecule has 0 saturated carbocycles. The van der Waals surface area contributed by atoms with Crippen molar-refractivity contribution in [3.63, 3.8) is 0 Å². The van der Waals surface area contributed by atoms with Gasteiger partial charge in [-0.25, -0.2) is 0 Å². The van der Waals surface area contributed by atoms with Crippen LogP contribution in [-0.2, 0) is 11.3 Å². The molecule has 0 aliphatic carbocycles. The summed E-state index contributed by atoms with van der Waals surface area (Å²) in [6, 6.07) is 3.08. The van der Waals surface area contributed by atoms with E-state index in [2.05, 4.69) is 5.32 Å². The molecule has 1 aliphatic heterocycles. The molecule has 0 bridgehead atoms. The summed E-state index contributed by atoms with van der Waals surface area (Å²) < 4.78 is 6.97. The van der Waals surface area contributed by atoms with E-state index in [-0.39, 0.29) is 11.5 Å². The summed E-state index contributed by atoms with van der Waals surface area (Å²) in [6.45, 7) is 4.79. The predicted molar refractivity (Wildman–Crippen MR) is 76.9 cm³/mol. The number of nitrogens with one attached hydrogen (secondary N) is 1. The van der Waals surface area contributed by atoms with Crippen molar-refractivity contribution in [1.29, 1.82) is 0 Å². The predicted octanol–water partition coefficient (Wildman–Crippen LogP) is 1.41. The number of rotatable bonds is 5. The van der Waals surface area contributed by atoms with Crippen molar-refractivity contribution in [2.45, 2.75) is 32.7 Å². The molecule has 1 saturated heterocycles. The van der Waals surface area contributed by atoms with Crippen LogP contribution in [0, 0.1) is 5.92 Å². The van der Waals surface area contributed by atoms with Gasteiger partial charge in [0.1, 0.15) is 0 Å². The van der Waals surface area contributed by atoms with Crippen LogP contribution >= 0.6 is 0 Å². The van der Waals surface area contributed by atoms with Gasteiger partial charge in [-0.3, -0.25) is 9.59 Å². The largest absolute Gasteiger partial charge is 0.381 e. The number of aryl methyl sites for hydroxylation is 1. The van der Waals surface area contributed by atoms with E-state index in [4.69, 9.17) is 4.74 Å². The molecule has 20 heavy (non-hydrogen) atoms. The highest BCUT2D eigenvalue weighted by Crippen LogP contribution is 2.16. The van der Waals surface area contributed by atoms with E-state index in [9.17, 15) is 9.59 Å². The highest BCUT2D eigenvalue weighted by atomic mass is 16.5. The maximum absolute atomic E-state index is 11.9. The quantitative estimate of drug-likeness (QED) is 0.886. The summed E-state index contributed by atoms with van der Waals surface area (Å²) in [7, 11) is 0. The zero-order chi connectivity index (χ0) is 14.4. The minimum absolute atomic E-state index is 0.138. The molecule has 0 unspecified atom stereocenters. The Morgan fingerprint density at radius 1 is 1.55 bits per heavy atom. The van der Waals surface area contributed by atoms with E-state index < -0.39 is 0 Å². The molecule has 0 aromatic carbocycles. The molecule has 110 valence electrons. The number of pyridine rings is 1.